The van der Waals surface area contributed by atoms with Gasteiger partial charge >= 0.3 is 11.7 Å². The van der Waals surface area contributed by atoms with E-state index in [1.54, 1.807) is 12.1 Å². The van der Waals surface area contributed by atoms with Gasteiger partial charge in [0.15, 0.2) is 16.9 Å². The lowest BCUT2D eigenvalue weighted by Crippen LogP contribution is -2.43. The molecule has 1 N–H and O–H groups in total. The quantitative estimate of drug-likeness (QED) is 0.319. The van der Waals surface area contributed by atoms with E-state index in [1.165, 1.54) is 39.6 Å². The second kappa shape index (κ2) is 10.5. The number of Topliss-reactive ketones (excluding diaryl/α,β-unsaturated/α-hetero) is 1. The zero-order valence-electron chi connectivity index (χ0n) is 19.4. The number of esters is 1. The molecule has 0 aliphatic heterocycles. The van der Waals surface area contributed by atoms with Crippen LogP contribution in [0.5, 0.6) is 0 Å². The van der Waals surface area contributed by atoms with Gasteiger partial charge in [-0.05, 0) is 12.5 Å². The summed E-state index contributed by atoms with van der Waals surface area (Å²) < 4.78 is 18.4. The zero-order chi connectivity index (χ0) is 25.9. The molecule has 0 aliphatic rings. The van der Waals surface area contributed by atoms with Gasteiger partial charge in [0.2, 0.25) is 0 Å². The third-order valence-corrected chi connectivity index (χ3v) is 6.11. The molecule has 1 amide bonds. The largest absolute Gasteiger partial charge is 0.465 e. The van der Waals surface area contributed by atoms with Gasteiger partial charge in [-0.25, -0.2) is 19.6 Å². The fourth-order valence-electron chi connectivity index (χ4n) is 3.40. The van der Waals surface area contributed by atoms with E-state index in [0.29, 0.717) is 0 Å². The second-order valence-electron chi connectivity index (χ2n) is 7.63. The van der Waals surface area contributed by atoms with Crippen LogP contribution in [0.15, 0.2) is 40.1 Å². The molecule has 0 aliphatic carbocycles. The van der Waals surface area contributed by atoms with Gasteiger partial charge in [-0.3, -0.25) is 27.7 Å². The van der Waals surface area contributed by atoms with Gasteiger partial charge in [0, 0.05) is 42.5 Å². The summed E-state index contributed by atoms with van der Waals surface area (Å²) in [5.41, 5.74) is -1.74. The number of ketones is 1. The van der Waals surface area contributed by atoms with Crippen LogP contribution in [0.3, 0.4) is 0 Å². The lowest BCUT2D eigenvalue weighted by atomic mass is 9.97. The maximum Gasteiger partial charge on any atom is 0.338 e. The average Bonchev–Trinajstić information content (AvgIpc) is 2.87. The van der Waals surface area contributed by atoms with E-state index < -0.39 is 45.8 Å². The lowest BCUT2D eigenvalue weighted by molar-refractivity contribution is 0.0596. The Balaban J connectivity index is 1.99. The predicted octanol–water partition coefficient (Wildman–Crippen LogP) is -0.436. The molecule has 0 spiro atoms. The Morgan fingerprint density at radius 1 is 1.11 bits per heavy atom. The third-order valence-electron chi connectivity index (χ3n) is 5.30. The lowest BCUT2D eigenvalue weighted by Gasteiger charge is -2.18. The van der Waals surface area contributed by atoms with Crippen LogP contribution in [0.2, 0.25) is 0 Å². The third kappa shape index (κ3) is 5.24. The molecule has 12 nitrogen and oxygen atoms in total. The van der Waals surface area contributed by atoms with E-state index in [9.17, 15) is 28.2 Å². The Bertz CT molecular complexity index is 1480. The molecule has 3 aromatic rings. The van der Waals surface area contributed by atoms with Crippen molar-refractivity contribution in [2.45, 2.75) is 12.5 Å². The van der Waals surface area contributed by atoms with Crippen molar-refractivity contribution >= 4 is 39.6 Å². The number of carbonyl (C=O) groups is 3. The molecule has 2 aromatic heterocycles. The fraction of sp³-hybridized carbons (Fsp3) is 0.318. The summed E-state index contributed by atoms with van der Waals surface area (Å²) in [6.45, 7) is 0. The number of nitrogens with zero attached hydrogens (tertiary/aromatic N) is 4. The van der Waals surface area contributed by atoms with E-state index in [-0.39, 0.29) is 40.2 Å². The number of aryl methyl sites for hydroxylation is 1. The number of ether oxygens (including phenoxy) is 1. The number of amides is 1. The molecule has 0 bridgehead atoms. The molecule has 184 valence electrons. The van der Waals surface area contributed by atoms with Crippen LogP contribution in [0.25, 0.3) is 11.2 Å². The van der Waals surface area contributed by atoms with Crippen LogP contribution in [0.1, 0.15) is 37.6 Å². The minimum atomic E-state index is -1.26. The number of rotatable bonds is 8. The monoisotopic (exact) mass is 501 g/mol. The Morgan fingerprint density at radius 2 is 1.77 bits per heavy atom. The van der Waals surface area contributed by atoms with E-state index in [2.05, 4.69) is 15.3 Å². The molecule has 0 saturated heterocycles. The number of nitrogens with one attached hydrogen (secondary N) is 1. The first-order valence-electron chi connectivity index (χ1n) is 10.3. The molecule has 2 heterocycles. The average molecular weight is 502 g/mol. The Hall–Kier alpha value is -4.00. The smallest absolute Gasteiger partial charge is 0.338 e. The minimum Gasteiger partial charge on any atom is -0.465 e. The van der Waals surface area contributed by atoms with Crippen molar-refractivity contribution in [2.24, 2.45) is 14.1 Å². The Kier molecular flexibility index (Phi) is 7.69. The number of aromatic nitrogens is 4. The summed E-state index contributed by atoms with van der Waals surface area (Å²) >= 11 is 0. The molecule has 13 heteroatoms. The Labute approximate surface area is 201 Å². The minimum absolute atomic E-state index is 0.00402. The first kappa shape index (κ1) is 25.6. The molecule has 1 aromatic carbocycles. The highest BCUT2D eigenvalue weighted by Crippen LogP contribution is 2.15. The van der Waals surface area contributed by atoms with Gasteiger partial charge in [-0.2, -0.15) is 0 Å². The molecule has 1 unspecified atom stereocenters. The number of hydrogen-bond acceptors (Lipinski definition) is 9. The van der Waals surface area contributed by atoms with E-state index in [4.69, 9.17) is 4.74 Å². The second-order valence-corrected chi connectivity index (χ2v) is 9.18. The normalized spacial score (nSPS) is 12.7. The van der Waals surface area contributed by atoms with Crippen LogP contribution < -0.4 is 16.6 Å². The van der Waals surface area contributed by atoms with Gasteiger partial charge in [0.05, 0.1) is 24.9 Å². The van der Waals surface area contributed by atoms with Crippen molar-refractivity contribution in [3.63, 3.8) is 0 Å². The molecule has 2 atom stereocenters. The van der Waals surface area contributed by atoms with Crippen LogP contribution in [0, 0.1) is 0 Å². The molecular formula is C22H23N5O7S. The molecule has 0 fully saturated rings. The highest BCUT2D eigenvalue weighted by Gasteiger charge is 2.27. The molecule has 35 heavy (non-hydrogen) atoms. The van der Waals surface area contributed by atoms with Gasteiger partial charge in [0.25, 0.3) is 11.5 Å². The van der Waals surface area contributed by atoms with Crippen molar-refractivity contribution in [2.75, 3.05) is 19.1 Å². The van der Waals surface area contributed by atoms with Gasteiger partial charge in [-0.15, -0.1) is 0 Å². The van der Waals surface area contributed by atoms with Crippen LogP contribution in [0.4, 0.5) is 0 Å². The number of fused-ring (bicyclic) bond motifs is 1. The van der Waals surface area contributed by atoms with Gasteiger partial charge in [0.1, 0.15) is 5.69 Å². The summed E-state index contributed by atoms with van der Waals surface area (Å²) in [7, 11) is 2.61. The van der Waals surface area contributed by atoms with Gasteiger partial charge in [-0.1, -0.05) is 18.2 Å². The molecular weight excluding hydrogens is 478 g/mol. The highest BCUT2D eigenvalue weighted by atomic mass is 32.2. The summed E-state index contributed by atoms with van der Waals surface area (Å²) in [6.07, 6.45) is 2.56. The summed E-state index contributed by atoms with van der Waals surface area (Å²) in [6, 6.07) is 4.82. The topological polar surface area (TPSA) is 159 Å². The maximum atomic E-state index is 13.3. The van der Waals surface area contributed by atoms with Crippen LogP contribution in [-0.4, -0.2) is 66.1 Å². The van der Waals surface area contributed by atoms with E-state index in [1.807, 2.05) is 0 Å². The van der Waals surface area contributed by atoms with E-state index >= 15 is 0 Å². The van der Waals surface area contributed by atoms with Crippen molar-refractivity contribution < 1.29 is 23.3 Å². The maximum absolute atomic E-state index is 13.3. The van der Waals surface area contributed by atoms with Crippen LogP contribution in [-0.2, 0) is 29.6 Å². The molecule has 3 rings (SSSR count). The SMILES string of the molecule is COC(=O)c1ccccc1C(=O)[C@H](CCS(C)=O)NC(=O)c1cnc2c(n1)c(=O)n(C)c(=O)n2C. The summed E-state index contributed by atoms with van der Waals surface area (Å²) in [5.74, 6) is -2.02. The zero-order valence-corrected chi connectivity index (χ0v) is 20.2. The van der Waals surface area contributed by atoms with Crippen molar-refractivity contribution in [1.82, 2.24) is 24.4 Å². The molecule has 0 radical (unpaired) electrons. The fourth-order valence-corrected chi connectivity index (χ4v) is 3.97. The summed E-state index contributed by atoms with van der Waals surface area (Å²) in [4.78, 5) is 71.1. The van der Waals surface area contributed by atoms with E-state index in [0.717, 1.165) is 15.3 Å². The standard InChI is InChI=1S/C22H23N5O7S/c1-26-18-16(20(30)27(2)22(26)32)24-15(11-23-18)19(29)25-14(9-10-35(4)33)17(28)12-7-5-6-8-13(12)21(31)34-3/h5-8,11,14H,9-10H2,1-4H3,(H,25,29)/t14-,35?/m0/s1. The van der Waals surface area contributed by atoms with Crippen LogP contribution >= 0.6 is 0 Å². The van der Waals surface area contributed by atoms with Crippen molar-refractivity contribution in [3.05, 3.63) is 68.1 Å². The number of hydrogen-bond donors (Lipinski definition) is 1. The first-order chi connectivity index (χ1) is 16.6. The summed E-state index contributed by atoms with van der Waals surface area (Å²) in [5, 5.41) is 2.54. The van der Waals surface area contributed by atoms with Crippen molar-refractivity contribution in [1.29, 1.82) is 0 Å². The number of carbonyl (C=O) groups excluding carboxylic acids is 3. The van der Waals surface area contributed by atoms with Gasteiger partial charge < -0.3 is 10.1 Å². The molecule has 0 saturated carbocycles. The number of benzene rings is 1. The van der Waals surface area contributed by atoms with Crippen molar-refractivity contribution in [3.8, 4) is 0 Å². The predicted molar refractivity (Wildman–Crippen MR) is 127 cm³/mol. The highest BCUT2D eigenvalue weighted by molar-refractivity contribution is 7.84. The number of methoxy groups -OCH3 is 1. The first-order valence-corrected chi connectivity index (χ1v) is 12.0. The Morgan fingerprint density at radius 3 is 2.40 bits per heavy atom.